The Morgan fingerprint density at radius 3 is 2.52 bits per heavy atom. The third-order valence-electron chi connectivity index (χ3n) is 4.53. The molecule has 0 atom stereocenters. The highest BCUT2D eigenvalue weighted by Gasteiger charge is 2.27. The lowest BCUT2D eigenvalue weighted by Gasteiger charge is -2.24. The number of nitrogens with zero attached hydrogens (tertiary/aromatic N) is 3. The summed E-state index contributed by atoms with van der Waals surface area (Å²) in [7, 11) is -1.37. The molecule has 0 radical (unpaired) electrons. The van der Waals surface area contributed by atoms with Crippen LogP contribution in [0.3, 0.4) is 0 Å². The second kappa shape index (κ2) is 5.17. The second-order valence-electron chi connectivity index (χ2n) is 7.21. The number of benzene rings is 1. The first kappa shape index (κ1) is 14.4. The van der Waals surface area contributed by atoms with Crippen molar-refractivity contribution < 1.29 is 0 Å². The van der Waals surface area contributed by atoms with Gasteiger partial charge in [0.15, 0.2) is 0 Å². The lowest BCUT2D eigenvalue weighted by molar-refractivity contribution is 0.694. The summed E-state index contributed by atoms with van der Waals surface area (Å²) >= 11 is 0. The highest BCUT2D eigenvalue weighted by molar-refractivity contribution is 6.88. The van der Waals surface area contributed by atoms with Gasteiger partial charge in [-0.1, -0.05) is 50.0 Å². The fourth-order valence-corrected chi connectivity index (χ4v) is 4.80. The first-order valence-electron chi connectivity index (χ1n) is 8.15. The number of aromatic nitrogens is 3. The Balaban J connectivity index is 1.80. The van der Waals surface area contributed by atoms with Crippen LogP contribution in [0.1, 0.15) is 5.56 Å². The molecule has 3 nitrogen and oxygen atoms in total. The van der Waals surface area contributed by atoms with Crippen LogP contribution in [-0.2, 0) is 13.0 Å². The Morgan fingerprint density at radius 1 is 1.00 bits per heavy atom. The molecule has 1 aliphatic heterocycles. The molecule has 116 valence electrons. The molecule has 4 heteroatoms. The predicted octanol–water partition coefficient (Wildman–Crippen LogP) is 3.71. The quantitative estimate of drug-likeness (QED) is 0.674. The molecular weight excluding hydrogens is 298 g/mol. The maximum absolute atomic E-state index is 4.72. The lowest BCUT2D eigenvalue weighted by atomic mass is 10.00. The van der Waals surface area contributed by atoms with E-state index in [0.717, 1.165) is 24.5 Å². The number of imidazole rings is 1. The number of hydrogen-bond acceptors (Lipinski definition) is 2. The molecule has 2 aromatic heterocycles. The summed E-state index contributed by atoms with van der Waals surface area (Å²) < 4.78 is 2.42. The number of aryl methyl sites for hydroxylation is 1. The van der Waals surface area contributed by atoms with Crippen LogP contribution in [0.4, 0.5) is 0 Å². The highest BCUT2D eigenvalue weighted by atomic mass is 28.3. The van der Waals surface area contributed by atoms with Gasteiger partial charge in [-0.15, -0.1) is 0 Å². The summed E-state index contributed by atoms with van der Waals surface area (Å²) in [5.74, 6) is 1.09. The number of pyridine rings is 1. The molecule has 1 aliphatic rings. The van der Waals surface area contributed by atoms with Gasteiger partial charge in [0.2, 0.25) is 0 Å². The summed E-state index contributed by atoms with van der Waals surface area (Å²) in [5, 5.41) is 1.44. The van der Waals surface area contributed by atoms with Gasteiger partial charge in [0, 0.05) is 35.4 Å². The topological polar surface area (TPSA) is 30.7 Å². The van der Waals surface area contributed by atoms with Crippen molar-refractivity contribution >= 4 is 13.4 Å². The van der Waals surface area contributed by atoms with Gasteiger partial charge in [-0.05, 0) is 18.1 Å². The zero-order valence-corrected chi connectivity index (χ0v) is 14.9. The molecule has 0 bridgehead atoms. The van der Waals surface area contributed by atoms with E-state index >= 15 is 0 Å². The van der Waals surface area contributed by atoms with Crippen molar-refractivity contribution in [1.29, 1.82) is 0 Å². The van der Waals surface area contributed by atoms with E-state index in [4.69, 9.17) is 9.97 Å². The molecule has 23 heavy (non-hydrogen) atoms. The van der Waals surface area contributed by atoms with E-state index in [0.29, 0.717) is 0 Å². The van der Waals surface area contributed by atoms with Crippen LogP contribution in [0.15, 0.2) is 48.8 Å². The molecule has 1 aromatic carbocycles. The maximum atomic E-state index is 4.72. The minimum atomic E-state index is -1.37. The van der Waals surface area contributed by atoms with Crippen molar-refractivity contribution in [2.24, 2.45) is 0 Å². The SMILES string of the molecule is C[Si](C)(C)c1cnc2n1CCc1cc(-c3ccccc3)ncc1-2. The smallest absolute Gasteiger partial charge is 0.141 e. The van der Waals surface area contributed by atoms with Crippen LogP contribution >= 0.6 is 0 Å². The van der Waals surface area contributed by atoms with Gasteiger partial charge in [0.05, 0.1) is 5.69 Å². The number of hydrogen-bond donors (Lipinski definition) is 0. The van der Waals surface area contributed by atoms with Crippen LogP contribution in [0.25, 0.3) is 22.6 Å². The minimum absolute atomic E-state index is 1.03. The fourth-order valence-electron chi connectivity index (χ4n) is 3.32. The van der Waals surface area contributed by atoms with Gasteiger partial charge in [0.25, 0.3) is 0 Å². The van der Waals surface area contributed by atoms with E-state index in [-0.39, 0.29) is 0 Å². The standard InChI is InChI=1S/C19H21N3Si/c1-23(2,3)18-13-21-19-16-12-20-17(14-7-5-4-6-8-14)11-15(16)9-10-22(18)19/h4-8,11-13H,9-10H2,1-3H3. The van der Waals surface area contributed by atoms with Gasteiger partial charge in [-0.2, -0.15) is 0 Å². The molecule has 0 spiro atoms. The van der Waals surface area contributed by atoms with Gasteiger partial charge in [0.1, 0.15) is 13.9 Å². The van der Waals surface area contributed by atoms with E-state index in [9.17, 15) is 0 Å². The Kier molecular flexibility index (Phi) is 3.23. The van der Waals surface area contributed by atoms with Crippen LogP contribution in [0.5, 0.6) is 0 Å². The normalized spacial score (nSPS) is 13.5. The maximum Gasteiger partial charge on any atom is 0.141 e. The van der Waals surface area contributed by atoms with Crippen molar-refractivity contribution in [3.05, 3.63) is 54.4 Å². The zero-order valence-electron chi connectivity index (χ0n) is 13.9. The van der Waals surface area contributed by atoms with E-state index in [1.165, 1.54) is 22.0 Å². The summed E-state index contributed by atoms with van der Waals surface area (Å²) in [5.41, 5.74) is 4.78. The van der Waals surface area contributed by atoms with Crippen LogP contribution in [0.2, 0.25) is 19.6 Å². The Morgan fingerprint density at radius 2 is 1.78 bits per heavy atom. The molecule has 0 aliphatic carbocycles. The first-order chi connectivity index (χ1) is 11.0. The second-order valence-corrected chi connectivity index (χ2v) is 12.2. The monoisotopic (exact) mass is 319 g/mol. The zero-order chi connectivity index (χ0) is 16.0. The molecular formula is C19H21N3Si. The number of rotatable bonds is 2. The van der Waals surface area contributed by atoms with Crippen molar-refractivity contribution in [3.8, 4) is 22.6 Å². The van der Waals surface area contributed by atoms with Gasteiger partial charge in [-0.3, -0.25) is 4.98 Å². The number of fused-ring (bicyclic) bond motifs is 3. The Labute approximate surface area is 138 Å². The van der Waals surface area contributed by atoms with Crippen molar-refractivity contribution in [2.45, 2.75) is 32.6 Å². The highest BCUT2D eigenvalue weighted by Crippen LogP contribution is 2.30. The summed E-state index contributed by atoms with van der Waals surface area (Å²) in [6.07, 6.45) is 5.14. The first-order valence-corrected chi connectivity index (χ1v) is 11.6. The van der Waals surface area contributed by atoms with Crippen molar-refractivity contribution in [1.82, 2.24) is 14.5 Å². The minimum Gasteiger partial charge on any atom is -0.332 e. The molecule has 4 rings (SSSR count). The van der Waals surface area contributed by atoms with E-state index in [2.05, 4.69) is 60.7 Å². The summed E-state index contributed by atoms with van der Waals surface area (Å²) in [4.78, 5) is 9.42. The molecule has 3 aromatic rings. The van der Waals surface area contributed by atoms with Gasteiger partial charge < -0.3 is 4.57 Å². The third kappa shape index (κ3) is 2.43. The Hall–Kier alpha value is -2.20. The Bertz CT molecular complexity index is 860. The average Bonchev–Trinajstić information content (AvgIpc) is 3.00. The van der Waals surface area contributed by atoms with Crippen molar-refractivity contribution in [2.75, 3.05) is 0 Å². The molecule has 0 saturated heterocycles. The van der Waals surface area contributed by atoms with Gasteiger partial charge in [-0.25, -0.2) is 4.98 Å². The fraction of sp³-hybridized carbons (Fsp3) is 0.263. The molecule has 0 saturated carbocycles. The lowest BCUT2D eigenvalue weighted by Crippen LogP contribution is -2.43. The predicted molar refractivity (Wildman–Crippen MR) is 97.6 cm³/mol. The molecule has 3 heterocycles. The van der Waals surface area contributed by atoms with E-state index in [1.807, 2.05) is 12.3 Å². The largest absolute Gasteiger partial charge is 0.332 e. The van der Waals surface area contributed by atoms with E-state index < -0.39 is 8.07 Å². The summed E-state index contributed by atoms with van der Waals surface area (Å²) in [6.45, 7) is 8.16. The average molecular weight is 319 g/mol. The third-order valence-corrected chi connectivity index (χ3v) is 6.46. The molecule has 0 unspecified atom stereocenters. The van der Waals surface area contributed by atoms with Crippen molar-refractivity contribution in [3.63, 3.8) is 0 Å². The van der Waals surface area contributed by atoms with E-state index in [1.54, 1.807) is 0 Å². The molecule has 0 amide bonds. The molecule has 0 fully saturated rings. The van der Waals surface area contributed by atoms with Crippen LogP contribution < -0.4 is 5.32 Å². The van der Waals surface area contributed by atoms with Crippen LogP contribution in [0, 0.1) is 0 Å². The van der Waals surface area contributed by atoms with Crippen LogP contribution in [-0.4, -0.2) is 22.6 Å². The van der Waals surface area contributed by atoms with Gasteiger partial charge >= 0.3 is 0 Å². The molecule has 0 N–H and O–H groups in total. The summed E-state index contributed by atoms with van der Waals surface area (Å²) in [6, 6.07) is 12.6.